The molecule has 1 aliphatic rings. The van der Waals surface area contributed by atoms with Gasteiger partial charge in [0, 0.05) is 51.9 Å². The number of benzene rings is 3. The zero-order valence-corrected chi connectivity index (χ0v) is 22.3. The smallest absolute Gasteiger partial charge is 0.253 e. The van der Waals surface area contributed by atoms with E-state index in [4.69, 9.17) is 9.47 Å². The van der Waals surface area contributed by atoms with Crippen LogP contribution in [0.1, 0.15) is 21.5 Å². The molecule has 0 spiro atoms. The zero-order valence-electron chi connectivity index (χ0n) is 21.5. The fraction of sp³-hybridized carbons (Fsp3) is 0.321. The Morgan fingerprint density at radius 2 is 1.46 bits per heavy atom. The molecule has 1 aliphatic heterocycles. The highest BCUT2D eigenvalue weighted by molar-refractivity contribution is 7.89. The van der Waals surface area contributed by atoms with E-state index >= 15 is 0 Å². The lowest BCUT2D eigenvalue weighted by atomic mass is 10.1. The Hall–Kier alpha value is -3.40. The summed E-state index contributed by atoms with van der Waals surface area (Å²) in [7, 11) is 1.49. The van der Waals surface area contributed by atoms with Gasteiger partial charge in [-0.15, -0.1) is 0 Å². The largest absolute Gasteiger partial charge is 0.493 e. The molecule has 1 amide bonds. The second-order valence-electron chi connectivity index (χ2n) is 9.04. The molecule has 3 aromatic rings. The van der Waals surface area contributed by atoms with E-state index in [9.17, 15) is 13.2 Å². The van der Waals surface area contributed by atoms with Gasteiger partial charge in [0.1, 0.15) is 0 Å². The summed E-state index contributed by atoms with van der Waals surface area (Å²) in [6.45, 7) is 3.36. The van der Waals surface area contributed by atoms with E-state index in [1.807, 2.05) is 48.5 Å². The quantitative estimate of drug-likeness (QED) is 0.427. The number of sulfonamides is 1. The van der Waals surface area contributed by atoms with Crippen molar-refractivity contribution in [3.05, 3.63) is 89.5 Å². The molecule has 4 rings (SSSR count). The summed E-state index contributed by atoms with van der Waals surface area (Å²) in [5.41, 5.74) is 2.64. The molecule has 0 N–H and O–H groups in total. The highest BCUT2D eigenvalue weighted by Gasteiger charge is 2.28. The molecule has 0 saturated carbocycles. The van der Waals surface area contributed by atoms with Crippen LogP contribution in [0, 0.1) is 0 Å². The maximum Gasteiger partial charge on any atom is 0.253 e. The maximum atomic E-state index is 13.0. The summed E-state index contributed by atoms with van der Waals surface area (Å²) in [6, 6.07) is 21.8. The molecule has 1 fully saturated rings. The summed E-state index contributed by atoms with van der Waals surface area (Å²) in [5.74, 6) is 1.21. The van der Waals surface area contributed by atoms with Crippen LogP contribution in [0.15, 0.2) is 77.7 Å². The van der Waals surface area contributed by atoms with Crippen molar-refractivity contribution in [3.63, 3.8) is 0 Å². The predicted octanol–water partition coefficient (Wildman–Crippen LogP) is 3.48. The first-order valence-corrected chi connectivity index (χ1v) is 13.6. The van der Waals surface area contributed by atoms with Crippen LogP contribution in [0.4, 0.5) is 0 Å². The second kappa shape index (κ2) is 11.8. The molecule has 1 saturated heterocycles. The van der Waals surface area contributed by atoms with Crippen molar-refractivity contribution in [1.82, 2.24) is 14.1 Å². The Morgan fingerprint density at radius 3 is 2.08 bits per heavy atom. The molecule has 0 radical (unpaired) electrons. The molecule has 0 atom stereocenters. The molecular formula is C28H33N3O5S. The molecule has 0 aliphatic carbocycles. The Balaban J connectivity index is 1.31. The van der Waals surface area contributed by atoms with Crippen molar-refractivity contribution >= 4 is 15.9 Å². The van der Waals surface area contributed by atoms with E-state index in [1.165, 1.54) is 0 Å². The highest BCUT2D eigenvalue weighted by atomic mass is 32.2. The number of amides is 1. The first-order valence-electron chi connectivity index (χ1n) is 12.1. The van der Waals surface area contributed by atoms with Crippen molar-refractivity contribution in [2.45, 2.75) is 18.0 Å². The van der Waals surface area contributed by atoms with E-state index in [1.54, 1.807) is 54.7 Å². The minimum atomic E-state index is -3.46. The van der Waals surface area contributed by atoms with E-state index < -0.39 is 10.0 Å². The number of methoxy groups -OCH3 is 2. The van der Waals surface area contributed by atoms with Gasteiger partial charge < -0.3 is 14.4 Å². The van der Waals surface area contributed by atoms with Gasteiger partial charge in [-0.3, -0.25) is 9.69 Å². The zero-order chi connectivity index (χ0) is 26.4. The van der Waals surface area contributed by atoms with Gasteiger partial charge >= 0.3 is 0 Å². The minimum Gasteiger partial charge on any atom is -0.493 e. The summed E-state index contributed by atoms with van der Waals surface area (Å²) < 4.78 is 37.9. The van der Waals surface area contributed by atoms with Crippen LogP contribution in [0.3, 0.4) is 0 Å². The third-order valence-electron chi connectivity index (χ3n) is 6.53. The first kappa shape index (κ1) is 26.7. The van der Waals surface area contributed by atoms with Gasteiger partial charge in [0.15, 0.2) is 11.5 Å². The van der Waals surface area contributed by atoms with Crippen molar-refractivity contribution in [2.75, 3.05) is 47.4 Å². The number of ether oxygens (including phenoxy) is 2. The van der Waals surface area contributed by atoms with Crippen LogP contribution in [0.2, 0.25) is 0 Å². The van der Waals surface area contributed by atoms with Gasteiger partial charge in [0.05, 0.1) is 19.1 Å². The van der Waals surface area contributed by atoms with Crippen LogP contribution in [-0.4, -0.2) is 75.9 Å². The normalized spacial score (nSPS) is 14.8. The van der Waals surface area contributed by atoms with Gasteiger partial charge in [-0.2, -0.15) is 4.31 Å². The summed E-state index contributed by atoms with van der Waals surface area (Å²) in [5, 5.41) is 0. The van der Waals surface area contributed by atoms with Crippen molar-refractivity contribution in [1.29, 1.82) is 0 Å². The van der Waals surface area contributed by atoms with E-state index in [2.05, 4.69) is 4.90 Å². The average Bonchev–Trinajstić information content (AvgIpc) is 2.93. The SMILES string of the molecule is COc1ccc(CN(C)C(=O)c2ccc(CN3CCN(S(=O)(=O)c4ccccc4)CC3)cc2)cc1OC. The first-order chi connectivity index (χ1) is 17.8. The molecular weight excluding hydrogens is 490 g/mol. The van der Waals surface area contributed by atoms with Crippen LogP contribution < -0.4 is 9.47 Å². The maximum absolute atomic E-state index is 13.0. The lowest BCUT2D eigenvalue weighted by Crippen LogP contribution is -2.48. The summed E-state index contributed by atoms with van der Waals surface area (Å²) >= 11 is 0. The minimum absolute atomic E-state index is 0.0685. The van der Waals surface area contributed by atoms with Crippen LogP contribution in [0.25, 0.3) is 0 Å². The van der Waals surface area contributed by atoms with E-state index in [-0.39, 0.29) is 5.91 Å². The molecule has 1 heterocycles. The van der Waals surface area contributed by atoms with Crippen molar-refractivity contribution < 1.29 is 22.7 Å². The van der Waals surface area contributed by atoms with Gasteiger partial charge in [-0.1, -0.05) is 36.4 Å². The molecule has 0 aromatic heterocycles. The highest BCUT2D eigenvalue weighted by Crippen LogP contribution is 2.28. The van der Waals surface area contributed by atoms with Crippen molar-refractivity contribution in [3.8, 4) is 11.5 Å². The number of hydrogen-bond acceptors (Lipinski definition) is 6. The Bertz CT molecular complexity index is 1310. The fourth-order valence-corrected chi connectivity index (χ4v) is 5.87. The van der Waals surface area contributed by atoms with Gasteiger partial charge in [0.2, 0.25) is 10.0 Å². The third kappa shape index (κ3) is 6.30. The topological polar surface area (TPSA) is 79.4 Å². The number of rotatable bonds is 9. The van der Waals surface area contributed by atoms with Crippen molar-refractivity contribution in [2.24, 2.45) is 0 Å². The number of carbonyl (C=O) groups excluding carboxylic acids is 1. The Kier molecular flexibility index (Phi) is 8.48. The fourth-order valence-electron chi connectivity index (χ4n) is 4.43. The van der Waals surface area contributed by atoms with Gasteiger partial charge in [-0.05, 0) is 47.5 Å². The summed E-state index contributed by atoms with van der Waals surface area (Å²) in [6.07, 6.45) is 0. The lowest BCUT2D eigenvalue weighted by molar-refractivity contribution is 0.0785. The van der Waals surface area contributed by atoms with Crippen LogP contribution in [-0.2, 0) is 23.1 Å². The third-order valence-corrected chi connectivity index (χ3v) is 8.45. The van der Waals surface area contributed by atoms with Gasteiger partial charge in [-0.25, -0.2) is 8.42 Å². The second-order valence-corrected chi connectivity index (χ2v) is 11.0. The molecule has 8 nitrogen and oxygen atoms in total. The Morgan fingerprint density at radius 1 is 0.838 bits per heavy atom. The van der Waals surface area contributed by atoms with Crippen LogP contribution >= 0.6 is 0 Å². The molecule has 0 unspecified atom stereocenters. The molecule has 196 valence electrons. The standard InChI is InChI=1S/C28H33N3O5S/c1-29(20-23-11-14-26(35-2)27(19-23)36-3)28(32)24-12-9-22(10-13-24)21-30-15-17-31(18-16-30)37(33,34)25-7-5-4-6-8-25/h4-14,19H,15-18,20-21H2,1-3H3. The molecule has 9 heteroatoms. The Labute approximate surface area is 219 Å². The number of nitrogens with zero attached hydrogens (tertiary/aromatic N) is 3. The lowest BCUT2D eigenvalue weighted by Gasteiger charge is -2.34. The predicted molar refractivity (Wildman–Crippen MR) is 142 cm³/mol. The van der Waals surface area contributed by atoms with Gasteiger partial charge in [0.25, 0.3) is 5.91 Å². The van der Waals surface area contributed by atoms with E-state index in [0.29, 0.717) is 61.2 Å². The summed E-state index contributed by atoms with van der Waals surface area (Å²) in [4.78, 5) is 17.2. The molecule has 3 aromatic carbocycles. The van der Waals surface area contributed by atoms with E-state index in [0.717, 1.165) is 11.1 Å². The number of hydrogen-bond donors (Lipinski definition) is 0. The monoisotopic (exact) mass is 523 g/mol. The number of piperazine rings is 1. The average molecular weight is 524 g/mol. The number of carbonyl (C=O) groups is 1. The molecule has 0 bridgehead atoms. The molecule has 37 heavy (non-hydrogen) atoms. The van der Waals surface area contributed by atoms with Crippen LogP contribution in [0.5, 0.6) is 11.5 Å².